The van der Waals surface area contributed by atoms with Crippen LogP contribution in [-0.4, -0.2) is 47.5 Å². The average Bonchev–Trinajstić information content (AvgIpc) is 3.16. The number of aryl methyl sites for hydroxylation is 2. The summed E-state index contributed by atoms with van der Waals surface area (Å²) in [7, 11) is 4.00. The molecule has 0 aliphatic carbocycles. The Morgan fingerprint density at radius 1 is 1.15 bits per heavy atom. The molecule has 5 nitrogen and oxygen atoms in total. The predicted octanol–water partition coefficient (Wildman–Crippen LogP) is 6.70. The number of carbonyl (C=O) groups is 1. The van der Waals surface area contributed by atoms with Crippen molar-refractivity contribution in [3.63, 3.8) is 0 Å². The number of amides is 1. The molecule has 1 aliphatic heterocycles. The highest BCUT2D eigenvalue weighted by Gasteiger charge is 2.28. The number of piperidine rings is 1. The fourth-order valence-electron chi connectivity index (χ4n) is 5.20. The van der Waals surface area contributed by atoms with Crippen LogP contribution in [0.15, 0.2) is 42.7 Å². The molecule has 1 fully saturated rings. The van der Waals surface area contributed by atoms with Crippen molar-refractivity contribution in [3.8, 4) is 0 Å². The summed E-state index contributed by atoms with van der Waals surface area (Å²) in [5.74, 6) is 1.05. The zero-order valence-corrected chi connectivity index (χ0v) is 22.3. The predicted molar refractivity (Wildman–Crippen MR) is 146 cm³/mol. The molecule has 0 spiro atoms. The van der Waals surface area contributed by atoms with E-state index in [4.69, 9.17) is 0 Å². The molecule has 2 aromatic carbocycles. The van der Waals surface area contributed by atoms with Gasteiger partial charge in [0.1, 0.15) is 0 Å². The van der Waals surface area contributed by atoms with Gasteiger partial charge in [-0.15, -0.1) is 0 Å². The molecule has 34 heavy (non-hydrogen) atoms. The van der Waals surface area contributed by atoms with Crippen molar-refractivity contribution in [3.05, 3.63) is 53.9 Å². The number of anilines is 1. The van der Waals surface area contributed by atoms with Gasteiger partial charge in [-0.05, 0) is 63.8 Å². The number of nitrogens with one attached hydrogen (secondary N) is 1. The molecule has 0 bridgehead atoms. The quantitative estimate of drug-likeness (QED) is 0.458. The SMILES string of the molecule is C=C(N(C)C)N1CCCC(C(=O)Nc2c(C)cc3c(c2C)c2ccccc2n3C(C)C)C1.CC. The summed E-state index contributed by atoms with van der Waals surface area (Å²) in [5, 5.41) is 5.80. The van der Waals surface area contributed by atoms with E-state index in [1.807, 2.05) is 32.8 Å². The summed E-state index contributed by atoms with van der Waals surface area (Å²) in [6, 6.07) is 11.2. The first kappa shape index (κ1) is 25.7. The Kier molecular flexibility index (Phi) is 7.96. The van der Waals surface area contributed by atoms with Crippen molar-refractivity contribution in [1.82, 2.24) is 14.4 Å². The first-order valence-corrected chi connectivity index (χ1v) is 12.7. The van der Waals surface area contributed by atoms with Crippen LogP contribution in [0.2, 0.25) is 0 Å². The van der Waals surface area contributed by atoms with Crippen molar-refractivity contribution in [1.29, 1.82) is 0 Å². The lowest BCUT2D eigenvalue weighted by molar-refractivity contribution is -0.121. The molecular formula is C29H42N4O. The van der Waals surface area contributed by atoms with E-state index in [0.717, 1.165) is 48.6 Å². The van der Waals surface area contributed by atoms with E-state index in [1.165, 1.54) is 21.8 Å². The molecule has 1 amide bonds. The van der Waals surface area contributed by atoms with Crippen molar-refractivity contribution >= 4 is 33.4 Å². The third kappa shape index (κ3) is 4.66. The molecule has 4 rings (SSSR count). The van der Waals surface area contributed by atoms with E-state index >= 15 is 0 Å². The van der Waals surface area contributed by atoms with E-state index in [2.05, 4.69) is 79.4 Å². The second kappa shape index (κ2) is 10.5. The molecule has 1 atom stereocenters. The van der Waals surface area contributed by atoms with Crippen LogP contribution in [0.5, 0.6) is 0 Å². The van der Waals surface area contributed by atoms with E-state index in [-0.39, 0.29) is 11.8 Å². The number of benzene rings is 2. The Morgan fingerprint density at radius 2 is 1.82 bits per heavy atom. The number of rotatable bonds is 5. The zero-order valence-electron chi connectivity index (χ0n) is 22.3. The van der Waals surface area contributed by atoms with Gasteiger partial charge in [0.15, 0.2) is 0 Å². The molecular weight excluding hydrogens is 420 g/mol. The van der Waals surface area contributed by atoms with Gasteiger partial charge in [-0.3, -0.25) is 4.79 Å². The molecule has 1 unspecified atom stereocenters. The number of para-hydroxylation sites is 1. The fourth-order valence-corrected chi connectivity index (χ4v) is 5.20. The Balaban J connectivity index is 0.00000158. The third-order valence-electron chi connectivity index (χ3n) is 6.88. The van der Waals surface area contributed by atoms with Gasteiger partial charge in [-0.25, -0.2) is 0 Å². The van der Waals surface area contributed by atoms with E-state index in [0.29, 0.717) is 6.04 Å². The van der Waals surface area contributed by atoms with Crippen LogP contribution >= 0.6 is 0 Å². The molecule has 3 aromatic rings. The van der Waals surface area contributed by atoms with Gasteiger partial charge in [0.25, 0.3) is 0 Å². The van der Waals surface area contributed by atoms with Gasteiger partial charge >= 0.3 is 0 Å². The second-order valence-electron chi connectivity index (χ2n) is 9.65. The minimum absolute atomic E-state index is 0.0352. The standard InChI is InChI=1S/C27H36N4O.C2H6/c1-17(2)31-23-13-9-8-12-22(23)25-19(4)26(18(3)15-24(25)31)28-27(32)21-11-10-14-30(16-21)20(5)29(6)7;1-2/h8-9,12-13,15,17,21H,5,10-11,14,16H2,1-4,6-7H3,(H,28,32);1-2H3. The number of carbonyl (C=O) groups excluding carboxylic acids is 1. The third-order valence-corrected chi connectivity index (χ3v) is 6.88. The number of fused-ring (bicyclic) bond motifs is 3. The number of nitrogens with zero attached hydrogens (tertiary/aromatic N) is 3. The summed E-state index contributed by atoms with van der Waals surface area (Å²) in [6.07, 6.45) is 1.92. The summed E-state index contributed by atoms with van der Waals surface area (Å²) in [6.45, 7) is 18.6. The van der Waals surface area contributed by atoms with Crippen LogP contribution < -0.4 is 5.32 Å². The van der Waals surface area contributed by atoms with Gasteiger partial charge in [-0.2, -0.15) is 0 Å². The Morgan fingerprint density at radius 3 is 2.47 bits per heavy atom. The highest BCUT2D eigenvalue weighted by atomic mass is 16.1. The maximum absolute atomic E-state index is 13.3. The zero-order chi connectivity index (χ0) is 25.2. The Labute approximate surface area is 205 Å². The van der Waals surface area contributed by atoms with Gasteiger partial charge in [0.05, 0.1) is 17.3 Å². The topological polar surface area (TPSA) is 40.5 Å². The average molecular weight is 463 g/mol. The van der Waals surface area contributed by atoms with Crippen molar-refractivity contribution in [2.75, 3.05) is 32.5 Å². The van der Waals surface area contributed by atoms with E-state index in [1.54, 1.807) is 0 Å². The minimum Gasteiger partial charge on any atom is -0.365 e. The van der Waals surface area contributed by atoms with Crippen molar-refractivity contribution in [2.45, 2.75) is 60.4 Å². The van der Waals surface area contributed by atoms with Gasteiger partial charge in [0.2, 0.25) is 5.91 Å². The van der Waals surface area contributed by atoms with Crippen LogP contribution in [0.3, 0.4) is 0 Å². The van der Waals surface area contributed by atoms with Crippen LogP contribution in [0.25, 0.3) is 21.8 Å². The smallest absolute Gasteiger partial charge is 0.229 e. The van der Waals surface area contributed by atoms with Gasteiger partial charge in [0, 0.05) is 55.2 Å². The minimum atomic E-state index is -0.0352. The molecule has 1 N–H and O–H groups in total. The fraction of sp³-hybridized carbons (Fsp3) is 0.483. The number of aromatic nitrogens is 1. The van der Waals surface area contributed by atoms with Gasteiger partial charge in [-0.1, -0.05) is 38.6 Å². The molecule has 0 radical (unpaired) electrons. The number of likely N-dealkylation sites (tertiary alicyclic amines) is 1. The maximum Gasteiger partial charge on any atom is 0.229 e. The number of hydrogen-bond acceptors (Lipinski definition) is 3. The van der Waals surface area contributed by atoms with Crippen molar-refractivity contribution < 1.29 is 4.79 Å². The molecule has 0 saturated carbocycles. The van der Waals surface area contributed by atoms with Crippen LogP contribution in [0.1, 0.15) is 57.7 Å². The first-order chi connectivity index (χ1) is 16.2. The highest BCUT2D eigenvalue weighted by molar-refractivity contribution is 6.12. The largest absolute Gasteiger partial charge is 0.365 e. The molecule has 5 heteroatoms. The van der Waals surface area contributed by atoms with Crippen LogP contribution in [0, 0.1) is 19.8 Å². The molecule has 2 heterocycles. The molecule has 1 aliphatic rings. The van der Waals surface area contributed by atoms with Gasteiger partial charge < -0.3 is 19.7 Å². The van der Waals surface area contributed by atoms with E-state index < -0.39 is 0 Å². The first-order valence-electron chi connectivity index (χ1n) is 12.7. The van der Waals surface area contributed by atoms with Crippen LogP contribution in [-0.2, 0) is 4.79 Å². The maximum atomic E-state index is 13.3. The molecule has 1 saturated heterocycles. The van der Waals surface area contributed by atoms with Crippen LogP contribution in [0.4, 0.5) is 5.69 Å². The van der Waals surface area contributed by atoms with Crippen molar-refractivity contribution in [2.24, 2.45) is 5.92 Å². The molecule has 1 aromatic heterocycles. The second-order valence-corrected chi connectivity index (χ2v) is 9.65. The summed E-state index contributed by atoms with van der Waals surface area (Å²) < 4.78 is 2.40. The number of hydrogen-bond donors (Lipinski definition) is 1. The molecule has 184 valence electrons. The summed E-state index contributed by atoms with van der Waals surface area (Å²) >= 11 is 0. The monoisotopic (exact) mass is 462 g/mol. The van der Waals surface area contributed by atoms with E-state index in [9.17, 15) is 4.79 Å². The Hall–Kier alpha value is -2.95. The Bertz CT molecular complexity index is 1190. The highest BCUT2D eigenvalue weighted by Crippen LogP contribution is 2.38. The lowest BCUT2D eigenvalue weighted by Crippen LogP contribution is -2.42. The summed E-state index contributed by atoms with van der Waals surface area (Å²) in [5.41, 5.74) is 5.69. The lowest BCUT2D eigenvalue weighted by Gasteiger charge is -2.37. The lowest BCUT2D eigenvalue weighted by atomic mass is 9.96. The normalized spacial score (nSPS) is 15.9. The summed E-state index contributed by atoms with van der Waals surface area (Å²) in [4.78, 5) is 17.6.